The number of carbonyl (C=O) groups is 1. The molecule has 0 radical (unpaired) electrons. The fourth-order valence-electron chi connectivity index (χ4n) is 1.78. The summed E-state index contributed by atoms with van der Waals surface area (Å²) in [5.41, 5.74) is 2.57. The number of aromatic hydroxyl groups is 1. The van der Waals surface area contributed by atoms with E-state index in [9.17, 15) is 9.90 Å². The Morgan fingerprint density at radius 2 is 1.95 bits per heavy atom. The minimum Gasteiger partial charge on any atom is -0.506 e. The lowest BCUT2D eigenvalue weighted by Crippen LogP contribution is -1.97. The number of aromatic carboxylic acids is 1. The maximum atomic E-state index is 10.9. The Morgan fingerprint density at radius 3 is 2.57 bits per heavy atom. The van der Waals surface area contributed by atoms with Gasteiger partial charge in [0.05, 0.1) is 4.90 Å². The molecule has 1 rings (SSSR count). The highest BCUT2D eigenvalue weighted by Gasteiger charge is 2.12. The van der Waals surface area contributed by atoms with Gasteiger partial charge in [0.15, 0.2) is 0 Å². The zero-order valence-electron chi connectivity index (χ0n) is 12.7. The number of phenols is 1. The fourth-order valence-corrected chi connectivity index (χ4v) is 2.74. The first-order valence-corrected chi connectivity index (χ1v) is 7.87. The van der Waals surface area contributed by atoms with Crippen molar-refractivity contribution in [2.75, 3.05) is 5.75 Å². The van der Waals surface area contributed by atoms with E-state index >= 15 is 0 Å². The molecule has 3 nitrogen and oxygen atoms in total. The average molecular weight is 306 g/mol. The first-order chi connectivity index (χ1) is 9.91. The number of hydrogen-bond donors (Lipinski definition) is 2. The minimum absolute atomic E-state index is 0.0516. The van der Waals surface area contributed by atoms with E-state index in [4.69, 9.17) is 5.11 Å². The van der Waals surface area contributed by atoms with Crippen LogP contribution >= 0.6 is 11.8 Å². The number of carboxylic acids is 1. The summed E-state index contributed by atoms with van der Waals surface area (Å²) in [7, 11) is 0. The second-order valence-corrected chi connectivity index (χ2v) is 6.20. The van der Waals surface area contributed by atoms with Crippen LogP contribution in [0.25, 0.3) is 0 Å². The average Bonchev–Trinajstić information content (AvgIpc) is 2.40. The van der Waals surface area contributed by atoms with Gasteiger partial charge in [-0.15, -0.1) is 11.8 Å². The van der Waals surface area contributed by atoms with Crippen molar-refractivity contribution in [3.63, 3.8) is 0 Å². The van der Waals surface area contributed by atoms with Gasteiger partial charge in [0.1, 0.15) is 11.3 Å². The number of para-hydroxylation sites is 1. The van der Waals surface area contributed by atoms with Crippen LogP contribution in [0.2, 0.25) is 0 Å². The molecular weight excluding hydrogens is 284 g/mol. The number of rotatable bonds is 7. The Hall–Kier alpha value is -1.68. The third-order valence-electron chi connectivity index (χ3n) is 2.99. The number of benzene rings is 1. The van der Waals surface area contributed by atoms with E-state index in [0.717, 1.165) is 18.6 Å². The number of allylic oxidation sites excluding steroid dienone is 3. The maximum absolute atomic E-state index is 10.9. The molecule has 1 aromatic rings. The van der Waals surface area contributed by atoms with Gasteiger partial charge in [0.2, 0.25) is 0 Å². The molecule has 0 aliphatic heterocycles. The zero-order chi connectivity index (χ0) is 15.8. The van der Waals surface area contributed by atoms with Gasteiger partial charge in [0.25, 0.3) is 0 Å². The van der Waals surface area contributed by atoms with E-state index in [1.54, 1.807) is 12.1 Å². The molecule has 1 aromatic carbocycles. The van der Waals surface area contributed by atoms with Gasteiger partial charge >= 0.3 is 5.97 Å². The monoisotopic (exact) mass is 306 g/mol. The summed E-state index contributed by atoms with van der Waals surface area (Å²) in [6.45, 7) is 6.27. The molecule has 0 amide bonds. The van der Waals surface area contributed by atoms with Gasteiger partial charge < -0.3 is 10.2 Å². The van der Waals surface area contributed by atoms with Crippen LogP contribution in [-0.2, 0) is 0 Å². The Kier molecular flexibility index (Phi) is 7.09. The van der Waals surface area contributed by atoms with E-state index in [2.05, 4.69) is 32.9 Å². The summed E-state index contributed by atoms with van der Waals surface area (Å²) in [6.07, 6.45) is 6.39. The molecule has 0 heterocycles. The lowest BCUT2D eigenvalue weighted by molar-refractivity contribution is 0.0693. The zero-order valence-corrected chi connectivity index (χ0v) is 13.5. The Morgan fingerprint density at radius 1 is 1.24 bits per heavy atom. The Bertz CT molecular complexity index is 555. The molecule has 0 saturated heterocycles. The van der Waals surface area contributed by atoms with Crippen molar-refractivity contribution in [3.05, 3.63) is 47.1 Å². The first-order valence-electron chi connectivity index (χ1n) is 6.89. The fraction of sp³-hybridized carbons (Fsp3) is 0.353. The van der Waals surface area contributed by atoms with Crippen molar-refractivity contribution < 1.29 is 15.0 Å². The first kappa shape index (κ1) is 17.4. The van der Waals surface area contributed by atoms with E-state index in [1.165, 1.54) is 29.0 Å². The summed E-state index contributed by atoms with van der Waals surface area (Å²) < 4.78 is 0. The van der Waals surface area contributed by atoms with Crippen molar-refractivity contribution in [3.8, 4) is 5.75 Å². The number of carboxylic acid groups (broad SMARTS) is 1. The molecule has 0 fully saturated rings. The third kappa shape index (κ3) is 6.08. The predicted octanol–water partition coefficient (Wildman–Crippen LogP) is 4.88. The van der Waals surface area contributed by atoms with Crippen molar-refractivity contribution in [2.24, 2.45) is 0 Å². The molecule has 4 heteroatoms. The Balaban J connectivity index is 2.58. The quantitative estimate of drug-likeness (QED) is 0.557. The molecule has 114 valence electrons. The highest BCUT2D eigenvalue weighted by atomic mass is 32.2. The molecule has 0 saturated carbocycles. The molecule has 0 aromatic heterocycles. The van der Waals surface area contributed by atoms with Crippen LogP contribution in [0.15, 0.2) is 46.4 Å². The second kappa shape index (κ2) is 8.57. The molecule has 0 atom stereocenters. The van der Waals surface area contributed by atoms with E-state index in [1.807, 2.05) is 0 Å². The van der Waals surface area contributed by atoms with Crippen LogP contribution in [0, 0.1) is 0 Å². The molecule has 0 bridgehead atoms. The van der Waals surface area contributed by atoms with Gasteiger partial charge in [-0.25, -0.2) is 4.79 Å². The summed E-state index contributed by atoms with van der Waals surface area (Å²) in [6, 6.07) is 4.79. The number of hydrogen-bond acceptors (Lipinski definition) is 3. The summed E-state index contributed by atoms with van der Waals surface area (Å²) >= 11 is 1.44. The molecule has 0 aliphatic carbocycles. The molecule has 21 heavy (non-hydrogen) atoms. The third-order valence-corrected chi connectivity index (χ3v) is 3.97. The topological polar surface area (TPSA) is 57.5 Å². The summed E-state index contributed by atoms with van der Waals surface area (Å²) in [4.78, 5) is 11.5. The molecular formula is C17H22O3S. The SMILES string of the molecule is CC(C)=CCC/C(C)=C/CSc1cccc(C(=O)O)c1O. The van der Waals surface area contributed by atoms with Crippen molar-refractivity contribution >= 4 is 17.7 Å². The van der Waals surface area contributed by atoms with Gasteiger partial charge in [-0.05, 0) is 45.7 Å². The standard InChI is InChI=1S/C17H22O3S/c1-12(2)6-4-7-13(3)10-11-21-15-9-5-8-14(16(15)18)17(19)20/h5-6,8-10,18H,4,7,11H2,1-3H3,(H,19,20)/b13-10+. The highest BCUT2D eigenvalue weighted by molar-refractivity contribution is 7.99. The summed E-state index contributed by atoms with van der Waals surface area (Å²) in [5, 5.41) is 18.9. The van der Waals surface area contributed by atoms with Gasteiger partial charge in [-0.3, -0.25) is 0 Å². The molecule has 2 N–H and O–H groups in total. The largest absolute Gasteiger partial charge is 0.506 e. The lowest BCUT2D eigenvalue weighted by atomic mass is 10.1. The van der Waals surface area contributed by atoms with Gasteiger partial charge in [0, 0.05) is 5.75 Å². The Labute approximate surface area is 130 Å². The minimum atomic E-state index is -1.11. The highest BCUT2D eigenvalue weighted by Crippen LogP contribution is 2.31. The van der Waals surface area contributed by atoms with Crippen LogP contribution in [0.3, 0.4) is 0 Å². The van der Waals surface area contributed by atoms with Gasteiger partial charge in [-0.2, -0.15) is 0 Å². The molecule has 0 spiro atoms. The second-order valence-electron chi connectivity index (χ2n) is 5.14. The number of thioether (sulfide) groups is 1. The van der Waals surface area contributed by atoms with Crippen LogP contribution in [0.1, 0.15) is 44.0 Å². The maximum Gasteiger partial charge on any atom is 0.339 e. The van der Waals surface area contributed by atoms with Crippen molar-refractivity contribution in [1.82, 2.24) is 0 Å². The van der Waals surface area contributed by atoms with Crippen molar-refractivity contribution in [2.45, 2.75) is 38.5 Å². The molecule has 0 unspecified atom stereocenters. The smallest absolute Gasteiger partial charge is 0.339 e. The van der Waals surface area contributed by atoms with E-state index in [0.29, 0.717) is 4.90 Å². The van der Waals surface area contributed by atoms with Crippen LogP contribution in [0.4, 0.5) is 0 Å². The summed E-state index contributed by atoms with van der Waals surface area (Å²) in [5.74, 6) is -0.536. The van der Waals surface area contributed by atoms with Crippen LogP contribution in [-0.4, -0.2) is 21.9 Å². The van der Waals surface area contributed by atoms with Crippen LogP contribution in [0.5, 0.6) is 5.75 Å². The molecule has 0 aliphatic rings. The predicted molar refractivity (Wildman–Crippen MR) is 88.2 cm³/mol. The van der Waals surface area contributed by atoms with Gasteiger partial charge in [-0.1, -0.05) is 29.4 Å². The van der Waals surface area contributed by atoms with Crippen LogP contribution < -0.4 is 0 Å². The van der Waals surface area contributed by atoms with E-state index in [-0.39, 0.29) is 11.3 Å². The van der Waals surface area contributed by atoms with E-state index < -0.39 is 5.97 Å². The normalized spacial score (nSPS) is 11.3. The van der Waals surface area contributed by atoms with Crippen molar-refractivity contribution in [1.29, 1.82) is 0 Å². The lowest BCUT2D eigenvalue weighted by Gasteiger charge is -2.06.